The Labute approximate surface area is 111 Å². The average molecular weight is 264 g/mol. The molecule has 0 bridgehead atoms. The van der Waals surface area contributed by atoms with Crippen LogP contribution in [0.2, 0.25) is 0 Å². The van der Waals surface area contributed by atoms with Crippen molar-refractivity contribution in [3.63, 3.8) is 0 Å². The molecule has 2 rings (SSSR count). The zero-order valence-electron chi connectivity index (χ0n) is 10.2. The molecule has 1 aromatic carbocycles. The van der Waals surface area contributed by atoms with E-state index in [4.69, 9.17) is 0 Å². The Bertz CT molecular complexity index is 445. The summed E-state index contributed by atoms with van der Waals surface area (Å²) in [6.45, 7) is 0.500. The molecule has 5 heteroatoms. The van der Waals surface area contributed by atoms with Gasteiger partial charge >= 0.3 is 0 Å². The Morgan fingerprint density at radius 1 is 1.44 bits per heavy atom. The molecule has 1 aromatic rings. The summed E-state index contributed by atoms with van der Waals surface area (Å²) < 4.78 is 0. The highest BCUT2D eigenvalue weighted by Crippen LogP contribution is 2.14. The van der Waals surface area contributed by atoms with Crippen molar-refractivity contribution in [1.29, 1.82) is 0 Å². The highest BCUT2D eigenvalue weighted by molar-refractivity contribution is 7.98. The fraction of sp³-hybridized carbons (Fsp3) is 0.385. The minimum absolute atomic E-state index is 0.0422. The molecule has 18 heavy (non-hydrogen) atoms. The van der Waals surface area contributed by atoms with Crippen molar-refractivity contribution in [3.8, 4) is 0 Å². The van der Waals surface area contributed by atoms with Gasteiger partial charge < -0.3 is 10.6 Å². The molecule has 96 valence electrons. The van der Waals surface area contributed by atoms with Crippen molar-refractivity contribution in [2.45, 2.75) is 30.3 Å². The minimum atomic E-state index is -0.358. The van der Waals surface area contributed by atoms with Gasteiger partial charge in [-0.2, -0.15) is 0 Å². The molecule has 1 saturated heterocycles. The van der Waals surface area contributed by atoms with Gasteiger partial charge in [-0.3, -0.25) is 9.59 Å². The number of carbonyl (C=O) groups excluding carboxylic acids is 2. The summed E-state index contributed by atoms with van der Waals surface area (Å²) >= 11 is 1.69. The lowest BCUT2D eigenvalue weighted by atomic mass is 10.2. The first-order chi connectivity index (χ1) is 8.69. The molecule has 0 spiro atoms. The second-order valence-corrected chi connectivity index (χ2v) is 5.10. The van der Waals surface area contributed by atoms with Gasteiger partial charge in [0.15, 0.2) is 0 Å². The number of carbonyl (C=O) groups is 2. The molecule has 1 heterocycles. The summed E-state index contributed by atoms with van der Waals surface area (Å²) in [5.74, 6) is -0.144. The number of benzene rings is 1. The van der Waals surface area contributed by atoms with Crippen LogP contribution >= 0.6 is 11.8 Å². The molecule has 2 amide bonds. The van der Waals surface area contributed by atoms with Crippen LogP contribution in [0.1, 0.15) is 18.4 Å². The van der Waals surface area contributed by atoms with Crippen LogP contribution in [-0.4, -0.2) is 24.1 Å². The van der Waals surface area contributed by atoms with Gasteiger partial charge in [-0.25, -0.2) is 0 Å². The summed E-state index contributed by atoms with van der Waals surface area (Å²) in [7, 11) is 0. The molecule has 1 aliphatic heterocycles. The standard InChI is InChI=1S/C13H16N2O2S/c1-18-10-4-2-9(3-5-10)8-14-13(17)11-6-7-12(16)15-11/h2-5,11H,6-8H2,1H3,(H,14,17)(H,15,16). The number of rotatable bonds is 4. The molecule has 1 aliphatic rings. The molecule has 0 radical (unpaired) electrons. The van der Waals surface area contributed by atoms with E-state index in [1.54, 1.807) is 11.8 Å². The normalized spacial score (nSPS) is 18.5. The van der Waals surface area contributed by atoms with Crippen LogP contribution in [0.4, 0.5) is 0 Å². The van der Waals surface area contributed by atoms with Crippen LogP contribution < -0.4 is 10.6 Å². The molecular formula is C13H16N2O2S. The maximum Gasteiger partial charge on any atom is 0.242 e. The number of hydrogen-bond donors (Lipinski definition) is 2. The van der Waals surface area contributed by atoms with Gasteiger partial charge in [-0.15, -0.1) is 11.8 Å². The summed E-state index contributed by atoms with van der Waals surface area (Å²) in [6.07, 6.45) is 3.07. The lowest BCUT2D eigenvalue weighted by Gasteiger charge is -2.11. The fourth-order valence-electron chi connectivity index (χ4n) is 1.87. The molecule has 4 nitrogen and oxygen atoms in total. The molecule has 0 saturated carbocycles. The average Bonchev–Trinajstić information content (AvgIpc) is 2.83. The summed E-state index contributed by atoms with van der Waals surface area (Å²) in [4.78, 5) is 24.0. The lowest BCUT2D eigenvalue weighted by molar-refractivity contribution is -0.125. The number of hydrogen-bond acceptors (Lipinski definition) is 3. The minimum Gasteiger partial charge on any atom is -0.350 e. The lowest BCUT2D eigenvalue weighted by Crippen LogP contribution is -2.41. The van der Waals surface area contributed by atoms with E-state index >= 15 is 0 Å². The fourth-order valence-corrected chi connectivity index (χ4v) is 2.27. The van der Waals surface area contributed by atoms with E-state index in [1.165, 1.54) is 4.90 Å². The maximum absolute atomic E-state index is 11.8. The zero-order valence-corrected chi connectivity index (χ0v) is 11.0. The quantitative estimate of drug-likeness (QED) is 0.806. The summed E-state index contributed by atoms with van der Waals surface area (Å²) in [5, 5.41) is 5.49. The molecule has 1 atom stereocenters. The van der Waals surface area contributed by atoms with Gasteiger partial charge in [0.25, 0.3) is 0 Å². The third-order valence-electron chi connectivity index (χ3n) is 2.94. The predicted octanol–water partition coefficient (Wildman–Crippen LogP) is 1.30. The highest BCUT2D eigenvalue weighted by atomic mass is 32.2. The van der Waals surface area contributed by atoms with Crippen LogP contribution in [0.3, 0.4) is 0 Å². The van der Waals surface area contributed by atoms with Gasteiger partial charge in [0.1, 0.15) is 6.04 Å². The van der Waals surface area contributed by atoms with Crippen LogP contribution in [0.5, 0.6) is 0 Å². The number of nitrogens with one attached hydrogen (secondary N) is 2. The third-order valence-corrected chi connectivity index (χ3v) is 3.68. The smallest absolute Gasteiger partial charge is 0.242 e. The van der Waals surface area contributed by atoms with E-state index in [0.29, 0.717) is 19.4 Å². The van der Waals surface area contributed by atoms with Crippen LogP contribution in [0.15, 0.2) is 29.2 Å². The molecule has 1 unspecified atom stereocenters. The second kappa shape index (κ2) is 5.91. The monoisotopic (exact) mass is 264 g/mol. The topological polar surface area (TPSA) is 58.2 Å². The molecule has 2 N–H and O–H groups in total. The van der Waals surface area contributed by atoms with Gasteiger partial charge in [0, 0.05) is 17.9 Å². The van der Waals surface area contributed by atoms with E-state index in [9.17, 15) is 9.59 Å². The SMILES string of the molecule is CSc1ccc(CNC(=O)C2CCC(=O)N2)cc1. The Morgan fingerprint density at radius 2 is 2.17 bits per heavy atom. The van der Waals surface area contributed by atoms with Crippen molar-refractivity contribution in [2.24, 2.45) is 0 Å². The first-order valence-corrected chi connectivity index (χ1v) is 7.11. The van der Waals surface area contributed by atoms with Gasteiger partial charge in [0.05, 0.1) is 0 Å². The van der Waals surface area contributed by atoms with Crippen molar-refractivity contribution in [3.05, 3.63) is 29.8 Å². The Hall–Kier alpha value is -1.49. The van der Waals surface area contributed by atoms with Crippen molar-refractivity contribution >= 4 is 23.6 Å². The van der Waals surface area contributed by atoms with Gasteiger partial charge in [0.2, 0.25) is 11.8 Å². The van der Waals surface area contributed by atoms with Gasteiger partial charge in [-0.1, -0.05) is 12.1 Å². The molecular weight excluding hydrogens is 248 g/mol. The largest absolute Gasteiger partial charge is 0.350 e. The van der Waals surface area contributed by atoms with Crippen LogP contribution in [0.25, 0.3) is 0 Å². The van der Waals surface area contributed by atoms with Crippen molar-refractivity contribution in [1.82, 2.24) is 10.6 Å². The zero-order chi connectivity index (χ0) is 13.0. The highest BCUT2D eigenvalue weighted by Gasteiger charge is 2.26. The number of amides is 2. The van der Waals surface area contributed by atoms with E-state index in [0.717, 1.165) is 5.56 Å². The van der Waals surface area contributed by atoms with Gasteiger partial charge in [-0.05, 0) is 30.4 Å². The third kappa shape index (κ3) is 3.26. The Kier molecular flexibility index (Phi) is 4.25. The first kappa shape index (κ1) is 13.0. The van der Waals surface area contributed by atoms with Crippen molar-refractivity contribution in [2.75, 3.05) is 6.26 Å². The predicted molar refractivity (Wildman–Crippen MR) is 71.2 cm³/mol. The Morgan fingerprint density at radius 3 is 2.72 bits per heavy atom. The molecule has 0 aliphatic carbocycles. The maximum atomic E-state index is 11.8. The molecule has 0 aromatic heterocycles. The van der Waals surface area contributed by atoms with Crippen LogP contribution in [0, 0.1) is 0 Å². The van der Waals surface area contributed by atoms with E-state index < -0.39 is 0 Å². The van der Waals surface area contributed by atoms with E-state index in [-0.39, 0.29) is 17.9 Å². The van der Waals surface area contributed by atoms with E-state index in [1.807, 2.05) is 30.5 Å². The molecule has 1 fully saturated rings. The van der Waals surface area contributed by atoms with Crippen LogP contribution in [-0.2, 0) is 16.1 Å². The van der Waals surface area contributed by atoms with Crippen molar-refractivity contribution < 1.29 is 9.59 Å². The van der Waals surface area contributed by atoms with E-state index in [2.05, 4.69) is 10.6 Å². The second-order valence-electron chi connectivity index (χ2n) is 4.22. The first-order valence-electron chi connectivity index (χ1n) is 5.89. The summed E-state index contributed by atoms with van der Waals surface area (Å²) in [6, 6.07) is 7.70. The Balaban J connectivity index is 1.83. The number of thioether (sulfide) groups is 1. The summed E-state index contributed by atoms with van der Waals surface area (Å²) in [5.41, 5.74) is 1.06.